The number of anilines is 2. The Kier molecular flexibility index (Phi) is 8.39. The first-order valence-corrected chi connectivity index (χ1v) is 13.9. The molecule has 0 spiro atoms. The lowest BCUT2D eigenvalue weighted by Gasteiger charge is -2.16. The lowest BCUT2D eigenvalue weighted by atomic mass is 10.1. The minimum atomic E-state index is -3.76. The number of amides is 2. The fourth-order valence-electron chi connectivity index (χ4n) is 3.73. The van der Waals surface area contributed by atoms with Crippen LogP contribution < -0.4 is 15.4 Å². The van der Waals surface area contributed by atoms with Crippen LogP contribution in [0.1, 0.15) is 17.5 Å². The minimum absolute atomic E-state index is 0.0383. The van der Waals surface area contributed by atoms with Gasteiger partial charge in [0, 0.05) is 18.7 Å². The van der Waals surface area contributed by atoms with Gasteiger partial charge in [0.05, 0.1) is 17.2 Å². The van der Waals surface area contributed by atoms with E-state index in [-0.39, 0.29) is 29.7 Å². The molecule has 1 heterocycles. The first kappa shape index (κ1) is 26.6. The summed E-state index contributed by atoms with van der Waals surface area (Å²) in [6, 6.07) is 22.2. The number of hydrogen-bond acceptors (Lipinski definition) is 7. The van der Waals surface area contributed by atoms with E-state index in [2.05, 4.69) is 10.3 Å². The lowest BCUT2D eigenvalue weighted by molar-refractivity contribution is -0.121. The first-order chi connectivity index (χ1) is 17.7. The number of amidine groups is 1. The molecule has 3 aromatic carbocycles. The zero-order chi connectivity index (χ0) is 26.4. The second kappa shape index (κ2) is 11.7. The van der Waals surface area contributed by atoms with Crippen molar-refractivity contribution in [2.24, 2.45) is 10.1 Å². The van der Waals surface area contributed by atoms with Crippen molar-refractivity contribution in [2.45, 2.75) is 29.6 Å². The number of thioether (sulfide) groups is 1. The van der Waals surface area contributed by atoms with Gasteiger partial charge in [-0.25, -0.2) is 18.5 Å². The molecule has 3 aromatic rings. The third kappa shape index (κ3) is 6.83. The number of sulfonamides is 1. The van der Waals surface area contributed by atoms with E-state index in [0.29, 0.717) is 23.8 Å². The van der Waals surface area contributed by atoms with Gasteiger partial charge >= 0.3 is 0 Å². The predicted octanol–water partition coefficient (Wildman–Crippen LogP) is 2.90. The Hall–Kier alpha value is -3.51. The van der Waals surface area contributed by atoms with Crippen LogP contribution >= 0.6 is 11.8 Å². The molecular weight excluding hydrogens is 512 g/mol. The van der Waals surface area contributed by atoms with Crippen LogP contribution in [-0.4, -0.2) is 42.3 Å². The molecule has 4 N–H and O–H groups in total. The summed E-state index contributed by atoms with van der Waals surface area (Å²) in [7, 11) is -3.76. The number of rotatable bonds is 8. The Bertz CT molecular complexity index is 1390. The molecule has 1 atom stereocenters. The van der Waals surface area contributed by atoms with E-state index in [1.165, 1.54) is 28.8 Å². The molecule has 0 radical (unpaired) electrons. The summed E-state index contributed by atoms with van der Waals surface area (Å²) in [6.07, 6.45) is 0.575. The van der Waals surface area contributed by atoms with Crippen LogP contribution in [0.5, 0.6) is 0 Å². The number of aliphatic hydroxyl groups excluding tert-OH is 1. The summed E-state index contributed by atoms with van der Waals surface area (Å²) in [5, 5.41) is 17.5. The van der Waals surface area contributed by atoms with E-state index >= 15 is 0 Å². The molecule has 9 nitrogen and oxygen atoms in total. The number of para-hydroxylation sites is 1. The monoisotopic (exact) mass is 538 g/mol. The molecule has 0 bridgehead atoms. The molecule has 37 heavy (non-hydrogen) atoms. The van der Waals surface area contributed by atoms with Gasteiger partial charge in [-0.05, 0) is 53.9 Å². The molecule has 11 heteroatoms. The third-order valence-electron chi connectivity index (χ3n) is 5.67. The summed E-state index contributed by atoms with van der Waals surface area (Å²) >= 11 is 1.19. The number of primary sulfonamides is 1. The molecule has 1 aliphatic heterocycles. The van der Waals surface area contributed by atoms with Crippen molar-refractivity contribution in [2.75, 3.05) is 16.8 Å². The van der Waals surface area contributed by atoms with Gasteiger partial charge in [-0.3, -0.25) is 14.6 Å². The number of aliphatic hydroxyl groups is 1. The number of imide groups is 1. The topological polar surface area (TPSA) is 142 Å². The number of carbonyl (C=O) groups excluding carboxylic acids is 2. The first-order valence-electron chi connectivity index (χ1n) is 11.5. The fraction of sp³-hybridized carbons (Fsp3) is 0.192. The smallest absolute Gasteiger partial charge is 0.247 e. The normalized spacial score (nSPS) is 16.3. The number of nitrogens with one attached hydrogen (secondary N) is 1. The van der Waals surface area contributed by atoms with Crippen LogP contribution in [0, 0.1) is 0 Å². The Balaban J connectivity index is 1.50. The molecule has 1 saturated heterocycles. The van der Waals surface area contributed by atoms with Crippen LogP contribution in [0.25, 0.3) is 0 Å². The van der Waals surface area contributed by atoms with Crippen LogP contribution in [0.3, 0.4) is 0 Å². The summed E-state index contributed by atoms with van der Waals surface area (Å²) < 4.78 is 22.9. The van der Waals surface area contributed by atoms with E-state index in [1.807, 2.05) is 6.07 Å². The third-order valence-corrected chi connectivity index (χ3v) is 7.71. The second-order valence-corrected chi connectivity index (χ2v) is 11.1. The maximum atomic E-state index is 13.1. The highest BCUT2D eigenvalue weighted by Gasteiger charge is 2.40. The molecule has 4 rings (SSSR count). The zero-order valence-electron chi connectivity index (χ0n) is 19.8. The Labute approximate surface area is 219 Å². The van der Waals surface area contributed by atoms with Crippen LogP contribution in [0.4, 0.5) is 11.4 Å². The lowest BCUT2D eigenvalue weighted by Crippen LogP contribution is -2.31. The van der Waals surface area contributed by atoms with E-state index < -0.39 is 15.3 Å². The molecule has 1 fully saturated rings. The van der Waals surface area contributed by atoms with Crippen molar-refractivity contribution in [3.8, 4) is 0 Å². The number of aliphatic imine (C=N–C) groups is 1. The van der Waals surface area contributed by atoms with Crippen molar-refractivity contribution >= 4 is 50.1 Å². The number of benzene rings is 3. The highest BCUT2D eigenvalue weighted by molar-refractivity contribution is 8.15. The van der Waals surface area contributed by atoms with Crippen LogP contribution in [0.2, 0.25) is 0 Å². The van der Waals surface area contributed by atoms with E-state index in [9.17, 15) is 23.1 Å². The maximum Gasteiger partial charge on any atom is 0.247 e. The van der Waals surface area contributed by atoms with Gasteiger partial charge in [0.25, 0.3) is 0 Å². The average molecular weight is 539 g/mol. The van der Waals surface area contributed by atoms with Crippen molar-refractivity contribution in [3.63, 3.8) is 0 Å². The van der Waals surface area contributed by atoms with Crippen molar-refractivity contribution < 1.29 is 23.1 Å². The number of nitrogens with two attached hydrogens (primary N) is 1. The van der Waals surface area contributed by atoms with E-state index in [0.717, 1.165) is 16.8 Å². The van der Waals surface area contributed by atoms with Crippen molar-refractivity contribution in [1.29, 1.82) is 0 Å². The van der Waals surface area contributed by atoms with Gasteiger partial charge in [0.1, 0.15) is 5.25 Å². The summed E-state index contributed by atoms with van der Waals surface area (Å²) in [5.74, 6) is -0.569. The van der Waals surface area contributed by atoms with Gasteiger partial charge in [-0.1, -0.05) is 54.2 Å². The van der Waals surface area contributed by atoms with Gasteiger partial charge < -0.3 is 10.4 Å². The van der Waals surface area contributed by atoms with Gasteiger partial charge in [-0.15, -0.1) is 0 Å². The van der Waals surface area contributed by atoms with E-state index in [1.54, 1.807) is 60.7 Å². The molecule has 0 aliphatic carbocycles. The number of nitrogens with zero attached hydrogens (tertiary/aromatic N) is 2. The molecule has 2 amide bonds. The van der Waals surface area contributed by atoms with Crippen molar-refractivity contribution in [1.82, 2.24) is 0 Å². The van der Waals surface area contributed by atoms with E-state index in [4.69, 9.17) is 5.14 Å². The van der Waals surface area contributed by atoms with Gasteiger partial charge in [0.15, 0.2) is 5.17 Å². The molecule has 192 valence electrons. The summed E-state index contributed by atoms with van der Waals surface area (Å²) in [5.41, 5.74) is 2.89. The number of hydrogen-bond donors (Lipinski definition) is 3. The standard InChI is InChI=1S/C26H26N4O5S2/c27-37(34,35)22-12-8-18(9-13-22)14-15-28-26(29-20-10-6-19(17-31)7-11-20)36-23-16-24(32)30(25(23)33)21-4-2-1-3-5-21/h1-13,23,31H,14-17H2,(H,28,29)(H2,27,34,35). The zero-order valence-corrected chi connectivity index (χ0v) is 21.4. The molecular formula is C26H26N4O5S2. The molecule has 1 aliphatic rings. The molecule has 0 aromatic heterocycles. The summed E-state index contributed by atoms with van der Waals surface area (Å²) in [6.45, 7) is 0.282. The van der Waals surface area contributed by atoms with Crippen LogP contribution in [-0.2, 0) is 32.6 Å². The van der Waals surface area contributed by atoms with Gasteiger partial charge in [-0.2, -0.15) is 0 Å². The average Bonchev–Trinajstić information content (AvgIpc) is 3.17. The van der Waals surface area contributed by atoms with Crippen molar-refractivity contribution in [3.05, 3.63) is 90.0 Å². The largest absolute Gasteiger partial charge is 0.392 e. The predicted molar refractivity (Wildman–Crippen MR) is 145 cm³/mol. The van der Waals surface area contributed by atoms with Crippen LogP contribution in [0.15, 0.2) is 88.8 Å². The quantitative estimate of drug-likeness (QED) is 0.227. The Morgan fingerprint density at radius 1 is 1.00 bits per heavy atom. The molecule has 0 saturated carbocycles. The second-order valence-electron chi connectivity index (χ2n) is 8.32. The Morgan fingerprint density at radius 2 is 1.65 bits per heavy atom. The van der Waals surface area contributed by atoms with Gasteiger partial charge in [0.2, 0.25) is 21.8 Å². The minimum Gasteiger partial charge on any atom is -0.392 e. The fourth-order valence-corrected chi connectivity index (χ4v) is 5.29. The highest BCUT2D eigenvalue weighted by atomic mass is 32.2. The highest BCUT2D eigenvalue weighted by Crippen LogP contribution is 2.30. The Morgan fingerprint density at radius 3 is 2.27 bits per heavy atom. The maximum absolute atomic E-state index is 13.1. The summed E-state index contributed by atoms with van der Waals surface area (Å²) in [4.78, 5) is 31.7. The molecule has 1 unspecified atom stereocenters. The SMILES string of the molecule is NS(=O)(=O)c1ccc(CCN=C(Nc2ccc(CO)cc2)SC2CC(=O)N(c3ccccc3)C2=O)cc1. The number of carbonyl (C=O) groups is 2.